The maximum absolute atomic E-state index is 12.1. The third-order valence-electron chi connectivity index (χ3n) is 4.56. The topological polar surface area (TPSA) is 84.5 Å². The molecule has 0 radical (unpaired) electrons. The number of carbonyl (C=O) groups excluding carboxylic acids is 3. The molecule has 2 aromatic rings. The zero-order chi connectivity index (χ0) is 21.6. The van der Waals surface area contributed by atoms with Crippen LogP contribution >= 0.6 is 0 Å². The Morgan fingerprint density at radius 2 is 1.59 bits per heavy atom. The molecule has 0 aliphatic carbocycles. The van der Waals surface area contributed by atoms with Crippen molar-refractivity contribution in [1.29, 1.82) is 0 Å². The molecule has 0 fully saturated rings. The predicted molar refractivity (Wildman–Crippen MR) is 113 cm³/mol. The summed E-state index contributed by atoms with van der Waals surface area (Å²) in [5.74, 6) is -1.49. The van der Waals surface area contributed by atoms with E-state index in [1.165, 1.54) is 0 Å². The second-order valence-electron chi connectivity index (χ2n) is 8.02. The monoisotopic (exact) mass is 396 g/mol. The first-order valence-corrected chi connectivity index (χ1v) is 9.48. The van der Waals surface area contributed by atoms with Crippen molar-refractivity contribution in [3.05, 3.63) is 64.7 Å². The Kier molecular flexibility index (Phi) is 7.15. The molecule has 154 valence electrons. The van der Waals surface area contributed by atoms with Gasteiger partial charge in [-0.05, 0) is 60.2 Å². The molecule has 0 unspecified atom stereocenters. The smallest absolute Gasteiger partial charge is 0.325 e. The number of aryl methyl sites for hydroxylation is 2. The number of hydrogen-bond donors (Lipinski definition) is 2. The first-order valence-electron chi connectivity index (χ1n) is 9.48. The molecule has 0 atom stereocenters. The van der Waals surface area contributed by atoms with Crippen molar-refractivity contribution in [3.63, 3.8) is 0 Å². The van der Waals surface area contributed by atoms with Crippen molar-refractivity contribution in [2.24, 2.45) is 0 Å². The van der Waals surface area contributed by atoms with Crippen molar-refractivity contribution in [1.82, 2.24) is 5.32 Å². The Morgan fingerprint density at radius 1 is 0.931 bits per heavy atom. The normalized spacial score (nSPS) is 10.9. The fraction of sp³-hybridized carbons (Fsp3) is 0.348. The van der Waals surface area contributed by atoms with Crippen LogP contribution in [0.2, 0.25) is 0 Å². The highest BCUT2D eigenvalue weighted by molar-refractivity contribution is 5.96. The molecule has 2 amide bonds. The minimum atomic E-state index is -0.680. The number of carbonyl (C=O) groups is 3. The lowest BCUT2D eigenvalue weighted by atomic mass is 9.87. The summed E-state index contributed by atoms with van der Waals surface area (Å²) in [4.78, 5) is 35.8. The Bertz CT molecular complexity index is 896. The molecule has 6 heteroatoms. The van der Waals surface area contributed by atoms with Crippen molar-refractivity contribution in [3.8, 4) is 0 Å². The number of rotatable bonds is 6. The van der Waals surface area contributed by atoms with Gasteiger partial charge < -0.3 is 15.4 Å². The van der Waals surface area contributed by atoms with Gasteiger partial charge in [-0.25, -0.2) is 0 Å². The summed E-state index contributed by atoms with van der Waals surface area (Å²) < 4.78 is 4.92. The van der Waals surface area contributed by atoms with Crippen LogP contribution in [0.25, 0.3) is 0 Å². The number of amides is 2. The third kappa shape index (κ3) is 6.75. The zero-order valence-electron chi connectivity index (χ0n) is 17.6. The standard InChI is InChI=1S/C23H28N2O4/c1-15-6-7-17(12-16(15)2)22(28)24-13-21(27)29-14-20(26)25-19-10-8-18(9-11-19)23(3,4)5/h6-12H,13-14H2,1-5H3,(H,24,28)(H,25,26). The maximum atomic E-state index is 12.1. The molecule has 0 bridgehead atoms. The summed E-state index contributed by atoms with van der Waals surface area (Å²) in [5.41, 5.74) is 4.35. The minimum Gasteiger partial charge on any atom is -0.454 e. The van der Waals surface area contributed by atoms with Gasteiger partial charge in [-0.1, -0.05) is 39.0 Å². The van der Waals surface area contributed by atoms with Crippen LogP contribution in [0.3, 0.4) is 0 Å². The summed E-state index contributed by atoms with van der Waals surface area (Å²) in [6.45, 7) is 9.48. The predicted octanol–water partition coefficient (Wildman–Crippen LogP) is 3.51. The van der Waals surface area contributed by atoms with Crippen LogP contribution in [-0.4, -0.2) is 30.9 Å². The molecule has 0 heterocycles. The lowest BCUT2D eigenvalue weighted by molar-refractivity contribution is -0.146. The van der Waals surface area contributed by atoms with Crippen molar-refractivity contribution in [2.45, 2.75) is 40.0 Å². The van der Waals surface area contributed by atoms with Gasteiger partial charge in [0.1, 0.15) is 6.54 Å². The van der Waals surface area contributed by atoms with Crippen molar-refractivity contribution in [2.75, 3.05) is 18.5 Å². The molecular formula is C23H28N2O4. The molecule has 29 heavy (non-hydrogen) atoms. The van der Waals surface area contributed by atoms with Crippen LogP contribution in [0, 0.1) is 13.8 Å². The van der Waals surface area contributed by atoms with E-state index in [2.05, 4.69) is 31.4 Å². The van der Waals surface area contributed by atoms with E-state index in [1.807, 2.05) is 44.2 Å². The Hall–Kier alpha value is -3.15. The summed E-state index contributed by atoms with van der Waals surface area (Å²) in [7, 11) is 0. The molecule has 0 aliphatic rings. The van der Waals surface area contributed by atoms with Gasteiger partial charge in [0.25, 0.3) is 11.8 Å². The van der Waals surface area contributed by atoms with Gasteiger partial charge in [0, 0.05) is 11.3 Å². The van der Waals surface area contributed by atoms with Gasteiger partial charge in [0.15, 0.2) is 6.61 Å². The summed E-state index contributed by atoms with van der Waals surface area (Å²) in [6, 6.07) is 12.8. The van der Waals surface area contributed by atoms with Crippen LogP contribution in [0.15, 0.2) is 42.5 Å². The van der Waals surface area contributed by atoms with Gasteiger partial charge in [-0.2, -0.15) is 0 Å². The highest BCUT2D eigenvalue weighted by Gasteiger charge is 2.14. The van der Waals surface area contributed by atoms with E-state index in [-0.39, 0.29) is 17.9 Å². The van der Waals surface area contributed by atoms with Crippen molar-refractivity contribution < 1.29 is 19.1 Å². The number of benzene rings is 2. The zero-order valence-corrected chi connectivity index (χ0v) is 17.6. The number of anilines is 1. The lowest BCUT2D eigenvalue weighted by Gasteiger charge is -2.19. The molecular weight excluding hydrogens is 368 g/mol. The van der Waals surface area contributed by atoms with Gasteiger partial charge in [-0.15, -0.1) is 0 Å². The van der Waals surface area contributed by atoms with E-state index >= 15 is 0 Å². The second kappa shape index (κ2) is 9.37. The molecule has 2 aromatic carbocycles. The van der Waals surface area contributed by atoms with Crippen LogP contribution in [-0.2, 0) is 19.7 Å². The fourth-order valence-corrected chi connectivity index (χ4v) is 2.58. The molecule has 2 N–H and O–H groups in total. The molecule has 2 rings (SSSR count). The van der Waals surface area contributed by atoms with Crippen LogP contribution in [0.4, 0.5) is 5.69 Å². The van der Waals surface area contributed by atoms with Gasteiger partial charge in [0.05, 0.1) is 0 Å². The Morgan fingerprint density at radius 3 is 2.17 bits per heavy atom. The van der Waals surface area contributed by atoms with E-state index in [4.69, 9.17) is 4.74 Å². The second-order valence-corrected chi connectivity index (χ2v) is 8.02. The minimum absolute atomic E-state index is 0.0276. The maximum Gasteiger partial charge on any atom is 0.325 e. The molecule has 0 saturated heterocycles. The summed E-state index contributed by atoms with van der Waals surface area (Å²) >= 11 is 0. The van der Waals surface area contributed by atoms with E-state index in [1.54, 1.807) is 12.1 Å². The van der Waals surface area contributed by atoms with E-state index in [9.17, 15) is 14.4 Å². The highest BCUT2D eigenvalue weighted by Crippen LogP contribution is 2.23. The van der Waals surface area contributed by atoms with Crippen LogP contribution in [0.1, 0.15) is 47.8 Å². The number of nitrogens with one attached hydrogen (secondary N) is 2. The van der Waals surface area contributed by atoms with Gasteiger partial charge in [-0.3, -0.25) is 14.4 Å². The average molecular weight is 396 g/mol. The van der Waals surface area contributed by atoms with E-state index in [0.29, 0.717) is 11.3 Å². The highest BCUT2D eigenvalue weighted by atomic mass is 16.5. The number of esters is 1. The fourth-order valence-electron chi connectivity index (χ4n) is 2.58. The number of hydrogen-bond acceptors (Lipinski definition) is 4. The molecule has 6 nitrogen and oxygen atoms in total. The molecule has 0 saturated carbocycles. The number of ether oxygens (including phenoxy) is 1. The first kappa shape index (κ1) is 22.1. The average Bonchev–Trinajstić information content (AvgIpc) is 2.66. The first-order chi connectivity index (χ1) is 13.6. The third-order valence-corrected chi connectivity index (χ3v) is 4.56. The van der Waals surface area contributed by atoms with Gasteiger partial charge in [0.2, 0.25) is 0 Å². The quantitative estimate of drug-likeness (QED) is 0.732. The summed E-state index contributed by atoms with van der Waals surface area (Å²) in [6.07, 6.45) is 0. The largest absolute Gasteiger partial charge is 0.454 e. The van der Waals surface area contributed by atoms with Crippen molar-refractivity contribution >= 4 is 23.5 Å². The SMILES string of the molecule is Cc1ccc(C(=O)NCC(=O)OCC(=O)Nc2ccc(C(C)(C)C)cc2)cc1C. The van der Waals surface area contributed by atoms with E-state index < -0.39 is 18.5 Å². The molecule has 0 aromatic heterocycles. The van der Waals surface area contributed by atoms with Gasteiger partial charge >= 0.3 is 5.97 Å². The van der Waals surface area contributed by atoms with E-state index in [0.717, 1.165) is 16.7 Å². The van der Waals surface area contributed by atoms with Crippen LogP contribution in [0.5, 0.6) is 0 Å². The summed E-state index contributed by atoms with van der Waals surface area (Å²) in [5, 5.41) is 5.17. The lowest BCUT2D eigenvalue weighted by Crippen LogP contribution is -2.32. The molecule has 0 spiro atoms. The van der Waals surface area contributed by atoms with Crippen LogP contribution < -0.4 is 10.6 Å². The Balaban J connectivity index is 1.76. The molecule has 0 aliphatic heterocycles. The Labute approximate surface area is 171 Å².